The molecule has 1 unspecified atom stereocenters. The molecule has 8 atom stereocenters. The van der Waals surface area contributed by atoms with Crippen LogP contribution in [0.1, 0.15) is 106 Å². The molecule has 4 saturated carbocycles. The Kier molecular flexibility index (Phi) is 4.69. The minimum atomic E-state index is -1.15. The molecule has 0 amide bonds. The van der Waals surface area contributed by atoms with E-state index in [2.05, 4.69) is 54.5 Å². The molecule has 5 aliphatic rings. The van der Waals surface area contributed by atoms with Crippen LogP contribution in [0.4, 0.5) is 0 Å². The summed E-state index contributed by atoms with van der Waals surface area (Å²) in [4.78, 5) is 13.6. The van der Waals surface area contributed by atoms with Crippen molar-refractivity contribution in [2.24, 2.45) is 44.8 Å². The van der Waals surface area contributed by atoms with Crippen molar-refractivity contribution in [1.82, 2.24) is 0 Å². The van der Waals surface area contributed by atoms with E-state index in [1.165, 1.54) is 5.57 Å². The highest BCUT2D eigenvalue weighted by molar-refractivity contribution is 5.91. The van der Waals surface area contributed by atoms with Gasteiger partial charge in [0, 0.05) is 17.8 Å². The molecule has 3 heteroatoms. The summed E-state index contributed by atoms with van der Waals surface area (Å²) in [5, 5.41) is 22.5. The fraction of sp³-hybridized carbons (Fsp3) is 0.897. The number of aliphatic hydroxyl groups excluding tert-OH is 1. The van der Waals surface area contributed by atoms with Crippen LogP contribution in [-0.4, -0.2) is 27.7 Å². The lowest BCUT2D eigenvalue weighted by atomic mass is 9.34. The Morgan fingerprint density at radius 1 is 0.906 bits per heavy atom. The van der Waals surface area contributed by atoms with Crippen LogP contribution in [0.5, 0.6) is 0 Å². The van der Waals surface area contributed by atoms with Gasteiger partial charge in [-0.3, -0.25) is 4.79 Å². The summed E-state index contributed by atoms with van der Waals surface area (Å²) in [6, 6.07) is 0. The maximum absolute atomic E-state index is 13.6. The molecule has 180 valence electrons. The quantitative estimate of drug-likeness (QED) is 0.447. The molecule has 0 spiro atoms. The fourth-order valence-electron chi connectivity index (χ4n) is 10.1. The first kappa shape index (κ1) is 23.1. The average molecular weight is 443 g/mol. The van der Waals surface area contributed by atoms with Crippen molar-refractivity contribution in [1.29, 1.82) is 0 Å². The molecule has 0 saturated heterocycles. The Hall–Kier alpha value is -0.670. The molecule has 3 nitrogen and oxygen atoms in total. The van der Waals surface area contributed by atoms with E-state index in [9.17, 15) is 15.0 Å². The molecule has 0 aromatic rings. The third-order valence-electron chi connectivity index (χ3n) is 12.4. The molecule has 4 fully saturated rings. The van der Waals surface area contributed by atoms with Crippen molar-refractivity contribution in [3.05, 3.63) is 11.6 Å². The SMILES string of the molecule is CC1(C)CC[C@]2(O)C(=O)C[C@]3(C)C(=CCC4[C@@]5(C)CC[C@H](O)C(C)(C)[C@@H]5CC[C@]43C)[C@@H]2C1. The molecule has 0 aromatic carbocycles. The van der Waals surface area contributed by atoms with Gasteiger partial charge >= 0.3 is 0 Å². The molecule has 0 radical (unpaired) electrons. The first-order chi connectivity index (χ1) is 14.6. The zero-order valence-corrected chi connectivity index (χ0v) is 21.6. The van der Waals surface area contributed by atoms with Crippen LogP contribution in [0.15, 0.2) is 11.6 Å². The molecule has 5 aliphatic carbocycles. The number of hydrogen-bond donors (Lipinski definition) is 2. The lowest BCUT2D eigenvalue weighted by Gasteiger charge is -2.70. The summed E-state index contributed by atoms with van der Waals surface area (Å²) >= 11 is 0. The van der Waals surface area contributed by atoms with E-state index in [4.69, 9.17) is 0 Å². The Balaban J connectivity index is 1.61. The van der Waals surface area contributed by atoms with E-state index >= 15 is 0 Å². The number of hydrogen-bond acceptors (Lipinski definition) is 3. The van der Waals surface area contributed by atoms with E-state index in [0.717, 1.165) is 44.9 Å². The highest BCUT2D eigenvalue weighted by Gasteiger charge is 2.69. The molecule has 0 aromatic heterocycles. The number of aliphatic hydroxyl groups is 2. The Morgan fingerprint density at radius 2 is 1.59 bits per heavy atom. The Labute approximate surface area is 195 Å². The number of rotatable bonds is 0. The number of carbonyl (C=O) groups excluding carboxylic acids is 1. The van der Waals surface area contributed by atoms with Crippen molar-refractivity contribution >= 4 is 5.78 Å². The maximum atomic E-state index is 13.6. The van der Waals surface area contributed by atoms with Gasteiger partial charge in [0.2, 0.25) is 0 Å². The number of ketones is 1. The molecule has 32 heavy (non-hydrogen) atoms. The second kappa shape index (κ2) is 6.51. The number of Topliss-reactive ketones (excluding diaryl/α,β-unsaturated/α-hetero) is 1. The lowest BCUT2D eigenvalue weighted by molar-refractivity contribution is -0.207. The van der Waals surface area contributed by atoms with Crippen LogP contribution >= 0.6 is 0 Å². The van der Waals surface area contributed by atoms with Gasteiger partial charge in [0.25, 0.3) is 0 Å². The highest BCUT2D eigenvalue weighted by Crippen LogP contribution is 2.74. The molecule has 0 aliphatic heterocycles. The highest BCUT2D eigenvalue weighted by atomic mass is 16.3. The standard InChI is InChI=1S/C29H46O3/c1-24(2)14-15-29(32)19(16-24)18-8-9-21-26(5)12-11-22(30)25(3,4)20(26)10-13-27(21,6)28(18,7)17-23(29)31/h8,19-22,30,32H,9-17H2,1-7H3/t19-,20-,21?,22-,26-,27+,28+,29+/m0/s1. The van der Waals surface area contributed by atoms with Gasteiger partial charge in [-0.1, -0.05) is 60.1 Å². The van der Waals surface area contributed by atoms with Crippen molar-refractivity contribution in [2.75, 3.05) is 0 Å². The summed E-state index contributed by atoms with van der Waals surface area (Å²) in [7, 11) is 0. The summed E-state index contributed by atoms with van der Waals surface area (Å²) in [5.41, 5.74) is 0.426. The largest absolute Gasteiger partial charge is 0.393 e. The summed E-state index contributed by atoms with van der Waals surface area (Å²) < 4.78 is 0. The van der Waals surface area contributed by atoms with Crippen LogP contribution in [0, 0.1) is 44.8 Å². The minimum Gasteiger partial charge on any atom is -0.393 e. The van der Waals surface area contributed by atoms with Crippen molar-refractivity contribution < 1.29 is 15.0 Å². The monoisotopic (exact) mass is 442 g/mol. The van der Waals surface area contributed by atoms with Gasteiger partial charge in [-0.2, -0.15) is 0 Å². The van der Waals surface area contributed by atoms with E-state index in [1.807, 2.05) is 0 Å². The van der Waals surface area contributed by atoms with Crippen LogP contribution in [0.25, 0.3) is 0 Å². The molecule has 2 N–H and O–H groups in total. The molecule has 0 heterocycles. The van der Waals surface area contributed by atoms with Gasteiger partial charge in [0.15, 0.2) is 5.78 Å². The smallest absolute Gasteiger partial charge is 0.165 e. The van der Waals surface area contributed by atoms with Crippen molar-refractivity contribution in [2.45, 2.75) is 118 Å². The summed E-state index contributed by atoms with van der Waals surface area (Å²) in [6.07, 6.45) is 10.5. The summed E-state index contributed by atoms with van der Waals surface area (Å²) in [6.45, 7) is 16.5. The van der Waals surface area contributed by atoms with Gasteiger partial charge in [-0.05, 0) is 84.9 Å². The third kappa shape index (κ3) is 2.65. The van der Waals surface area contributed by atoms with E-state index < -0.39 is 5.60 Å². The number of allylic oxidation sites excluding steroid dienone is 1. The second-order valence-corrected chi connectivity index (χ2v) is 14.6. The molecular formula is C29H46O3. The molecule has 5 rings (SSSR count). The molecular weight excluding hydrogens is 396 g/mol. The van der Waals surface area contributed by atoms with Gasteiger partial charge in [-0.15, -0.1) is 0 Å². The van der Waals surface area contributed by atoms with Gasteiger partial charge in [0.1, 0.15) is 5.60 Å². The number of carbonyl (C=O) groups is 1. The second-order valence-electron chi connectivity index (χ2n) is 14.6. The first-order valence-electron chi connectivity index (χ1n) is 13.3. The van der Waals surface area contributed by atoms with Crippen LogP contribution in [-0.2, 0) is 4.79 Å². The minimum absolute atomic E-state index is 0.0228. The molecule has 0 bridgehead atoms. The van der Waals surface area contributed by atoms with E-state index in [-0.39, 0.29) is 44.9 Å². The van der Waals surface area contributed by atoms with Crippen LogP contribution in [0.2, 0.25) is 0 Å². The predicted octanol–water partition coefficient (Wildman–Crippen LogP) is 6.07. The van der Waals surface area contributed by atoms with Crippen molar-refractivity contribution in [3.63, 3.8) is 0 Å². The fourth-order valence-corrected chi connectivity index (χ4v) is 10.1. The van der Waals surface area contributed by atoms with Gasteiger partial charge < -0.3 is 10.2 Å². The third-order valence-corrected chi connectivity index (χ3v) is 12.4. The van der Waals surface area contributed by atoms with Crippen molar-refractivity contribution in [3.8, 4) is 0 Å². The maximum Gasteiger partial charge on any atom is 0.165 e. The Morgan fingerprint density at radius 3 is 2.28 bits per heavy atom. The normalized spacial score (nSPS) is 53.9. The van der Waals surface area contributed by atoms with Gasteiger partial charge in [-0.25, -0.2) is 0 Å². The Bertz CT molecular complexity index is 870. The average Bonchev–Trinajstić information content (AvgIpc) is 2.68. The number of fused-ring (bicyclic) bond motifs is 7. The van der Waals surface area contributed by atoms with Crippen LogP contribution < -0.4 is 0 Å². The van der Waals surface area contributed by atoms with E-state index in [0.29, 0.717) is 24.7 Å². The predicted molar refractivity (Wildman–Crippen MR) is 128 cm³/mol. The van der Waals surface area contributed by atoms with Crippen LogP contribution in [0.3, 0.4) is 0 Å². The van der Waals surface area contributed by atoms with E-state index in [1.54, 1.807) is 0 Å². The lowest BCUT2D eigenvalue weighted by Crippen LogP contribution is -2.67. The zero-order chi connectivity index (χ0) is 23.5. The topological polar surface area (TPSA) is 57.5 Å². The van der Waals surface area contributed by atoms with Gasteiger partial charge in [0.05, 0.1) is 6.10 Å². The first-order valence-corrected chi connectivity index (χ1v) is 13.3. The zero-order valence-electron chi connectivity index (χ0n) is 21.6. The summed E-state index contributed by atoms with van der Waals surface area (Å²) in [5.74, 6) is 1.11.